The fourth-order valence-electron chi connectivity index (χ4n) is 2.46. The standard InChI is InChI=1S/C19H18N2O2S/c1-21(19(22)16-10-6-7-11-18(16)24-2)13-15-12-17(20-23-15)14-8-4-3-5-9-14/h3-12H,13H2,1-2H3. The van der Waals surface area contributed by atoms with Gasteiger partial charge in [-0.3, -0.25) is 4.79 Å². The molecule has 24 heavy (non-hydrogen) atoms. The summed E-state index contributed by atoms with van der Waals surface area (Å²) in [5.74, 6) is 0.629. The van der Waals surface area contributed by atoms with E-state index in [1.165, 1.54) is 0 Å². The zero-order chi connectivity index (χ0) is 16.9. The fraction of sp³-hybridized carbons (Fsp3) is 0.158. The van der Waals surface area contributed by atoms with Crippen molar-refractivity contribution < 1.29 is 9.32 Å². The van der Waals surface area contributed by atoms with Crippen LogP contribution in [0.15, 0.2) is 70.1 Å². The Balaban J connectivity index is 1.74. The van der Waals surface area contributed by atoms with Crippen molar-refractivity contribution in [3.05, 3.63) is 72.0 Å². The third-order valence-corrected chi connectivity index (χ3v) is 4.50. The van der Waals surface area contributed by atoms with Gasteiger partial charge < -0.3 is 9.42 Å². The summed E-state index contributed by atoms with van der Waals surface area (Å²) in [6.45, 7) is 0.376. The van der Waals surface area contributed by atoms with Gasteiger partial charge in [0.15, 0.2) is 5.76 Å². The molecule has 0 spiro atoms. The van der Waals surface area contributed by atoms with E-state index in [0.717, 1.165) is 16.2 Å². The zero-order valence-corrected chi connectivity index (χ0v) is 14.4. The van der Waals surface area contributed by atoms with Crippen LogP contribution in [0.5, 0.6) is 0 Å². The number of nitrogens with zero attached hydrogens (tertiary/aromatic N) is 2. The molecule has 0 bridgehead atoms. The van der Waals surface area contributed by atoms with Gasteiger partial charge in [0.05, 0.1) is 12.1 Å². The van der Waals surface area contributed by atoms with E-state index in [1.807, 2.05) is 66.9 Å². The lowest BCUT2D eigenvalue weighted by Crippen LogP contribution is -2.26. The number of aromatic nitrogens is 1. The minimum absolute atomic E-state index is 0.0300. The van der Waals surface area contributed by atoms with Crippen molar-refractivity contribution >= 4 is 17.7 Å². The molecule has 0 fully saturated rings. The summed E-state index contributed by atoms with van der Waals surface area (Å²) in [5.41, 5.74) is 2.47. The van der Waals surface area contributed by atoms with Gasteiger partial charge in [0.1, 0.15) is 5.69 Å². The van der Waals surface area contributed by atoms with Gasteiger partial charge in [-0.15, -0.1) is 11.8 Å². The summed E-state index contributed by atoms with van der Waals surface area (Å²) in [7, 11) is 1.77. The molecule has 0 radical (unpaired) electrons. The number of hydrogen-bond donors (Lipinski definition) is 0. The first kappa shape index (κ1) is 16.3. The zero-order valence-electron chi connectivity index (χ0n) is 13.6. The molecule has 0 aliphatic carbocycles. The Morgan fingerprint density at radius 3 is 2.58 bits per heavy atom. The van der Waals surface area contributed by atoms with Crippen LogP contribution in [0, 0.1) is 0 Å². The van der Waals surface area contributed by atoms with Crippen LogP contribution in [0.4, 0.5) is 0 Å². The van der Waals surface area contributed by atoms with Crippen molar-refractivity contribution in [2.75, 3.05) is 13.3 Å². The number of carbonyl (C=O) groups excluding carboxylic acids is 1. The van der Waals surface area contributed by atoms with Crippen LogP contribution < -0.4 is 0 Å². The van der Waals surface area contributed by atoms with Crippen molar-refractivity contribution in [2.45, 2.75) is 11.4 Å². The highest BCUT2D eigenvalue weighted by Crippen LogP contribution is 2.23. The molecule has 0 atom stereocenters. The quantitative estimate of drug-likeness (QED) is 0.649. The van der Waals surface area contributed by atoms with Crippen molar-refractivity contribution in [2.24, 2.45) is 0 Å². The summed E-state index contributed by atoms with van der Waals surface area (Å²) in [6.07, 6.45) is 1.97. The fourth-order valence-corrected chi connectivity index (χ4v) is 3.05. The number of carbonyl (C=O) groups is 1. The lowest BCUT2D eigenvalue weighted by atomic mass is 10.1. The van der Waals surface area contributed by atoms with Gasteiger partial charge >= 0.3 is 0 Å². The van der Waals surface area contributed by atoms with Crippen LogP contribution in [0.25, 0.3) is 11.3 Å². The molecule has 0 saturated carbocycles. The van der Waals surface area contributed by atoms with E-state index < -0.39 is 0 Å². The van der Waals surface area contributed by atoms with Crippen LogP contribution in [0.3, 0.4) is 0 Å². The molecule has 122 valence electrons. The molecule has 0 aliphatic rings. The van der Waals surface area contributed by atoms with Crippen molar-refractivity contribution in [3.8, 4) is 11.3 Å². The van der Waals surface area contributed by atoms with E-state index in [0.29, 0.717) is 17.9 Å². The minimum Gasteiger partial charge on any atom is -0.359 e. The topological polar surface area (TPSA) is 46.3 Å². The summed E-state index contributed by atoms with van der Waals surface area (Å²) >= 11 is 1.57. The molecule has 1 heterocycles. The largest absolute Gasteiger partial charge is 0.359 e. The van der Waals surface area contributed by atoms with Crippen LogP contribution in [0.1, 0.15) is 16.1 Å². The Morgan fingerprint density at radius 1 is 1.12 bits per heavy atom. The van der Waals surface area contributed by atoms with Gasteiger partial charge in [-0.1, -0.05) is 47.6 Å². The van der Waals surface area contributed by atoms with Gasteiger partial charge in [0, 0.05) is 23.6 Å². The molecule has 3 rings (SSSR count). The SMILES string of the molecule is CSc1ccccc1C(=O)N(C)Cc1cc(-c2ccccc2)no1. The van der Waals surface area contributed by atoms with E-state index in [9.17, 15) is 4.79 Å². The molecular weight excluding hydrogens is 320 g/mol. The molecule has 0 N–H and O–H groups in total. The Labute approximate surface area is 145 Å². The van der Waals surface area contributed by atoms with Crippen LogP contribution in [0.2, 0.25) is 0 Å². The van der Waals surface area contributed by atoms with Crippen molar-refractivity contribution in [1.29, 1.82) is 0 Å². The second-order valence-electron chi connectivity index (χ2n) is 5.41. The van der Waals surface area contributed by atoms with Gasteiger partial charge in [-0.25, -0.2) is 0 Å². The highest BCUT2D eigenvalue weighted by molar-refractivity contribution is 7.98. The van der Waals surface area contributed by atoms with Gasteiger partial charge in [0.25, 0.3) is 5.91 Å². The van der Waals surface area contributed by atoms with Crippen LogP contribution in [-0.2, 0) is 6.54 Å². The van der Waals surface area contributed by atoms with Gasteiger partial charge in [0.2, 0.25) is 0 Å². The molecular formula is C19H18N2O2S. The maximum absolute atomic E-state index is 12.7. The normalized spacial score (nSPS) is 10.6. The van der Waals surface area contributed by atoms with Crippen molar-refractivity contribution in [1.82, 2.24) is 10.1 Å². The third kappa shape index (κ3) is 3.51. The monoisotopic (exact) mass is 338 g/mol. The first-order chi connectivity index (χ1) is 11.7. The lowest BCUT2D eigenvalue weighted by molar-refractivity contribution is 0.0769. The second-order valence-corrected chi connectivity index (χ2v) is 6.25. The Kier molecular flexibility index (Phi) is 5.01. The molecule has 4 nitrogen and oxygen atoms in total. The highest BCUT2D eigenvalue weighted by atomic mass is 32.2. The predicted molar refractivity (Wildman–Crippen MR) is 96.0 cm³/mol. The summed E-state index contributed by atoms with van der Waals surface area (Å²) in [5, 5.41) is 4.09. The van der Waals surface area contributed by atoms with E-state index in [2.05, 4.69) is 5.16 Å². The van der Waals surface area contributed by atoms with Crippen molar-refractivity contribution in [3.63, 3.8) is 0 Å². The Hall–Kier alpha value is -2.53. The van der Waals surface area contributed by atoms with Crippen LogP contribution >= 0.6 is 11.8 Å². The maximum atomic E-state index is 12.7. The van der Waals surface area contributed by atoms with Gasteiger partial charge in [-0.2, -0.15) is 0 Å². The number of thioether (sulfide) groups is 1. The number of rotatable bonds is 5. The summed E-state index contributed by atoms with van der Waals surface area (Å²) in [4.78, 5) is 15.3. The molecule has 1 amide bonds. The first-order valence-electron chi connectivity index (χ1n) is 7.58. The molecule has 0 saturated heterocycles. The molecule has 0 aliphatic heterocycles. The Bertz CT molecular complexity index is 830. The van der Waals surface area contributed by atoms with E-state index >= 15 is 0 Å². The van der Waals surface area contributed by atoms with E-state index in [4.69, 9.17) is 4.52 Å². The molecule has 2 aromatic carbocycles. The third-order valence-electron chi connectivity index (χ3n) is 3.71. The number of hydrogen-bond acceptors (Lipinski definition) is 4. The Morgan fingerprint density at radius 2 is 1.83 bits per heavy atom. The smallest absolute Gasteiger partial charge is 0.255 e. The average molecular weight is 338 g/mol. The van der Waals surface area contributed by atoms with E-state index in [1.54, 1.807) is 23.7 Å². The number of amides is 1. The summed E-state index contributed by atoms with van der Waals surface area (Å²) in [6, 6.07) is 19.3. The van der Waals surface area contributed by atoms with E-state index in [-0.39, 0.29) is 5.91 Å². The highest BCUT2D eigenvalue weighted by Gasteiger charge is 2.17. The lowest BCUT2D eigenvalue weighted by Gasteiger charge is -2.17. The second kappa shape index (κ2) is 7.36. The molecule has 5 heteroatoms. The predicted octanol–water partition coefficient (Wildman–Crippen LogP) is 4.34. The number of benzene rings is 2. The summed E-state index contributed by atoms with van der Waals surface area (Å²) < 4.78 is 5.38. The minimum atomic E-state index is -0.0300. The first-order valence-corrected chi connectivity index (χ1v) is 8.81. The molecule has 1 aromatic heterocycles. The van der Waals surface area contributed by atoms with Crippen LogP contribution in [-0.4, -0.2) is 29.3 Å². The average Bonchev–Trinajstić information content (AvgIpc) is 3.10. The maximum Gasteiger partial charge on any atom is 0.255 e. The van der Waals surface area contributed by atoms with Gasteiger partial charge in [-0.05, 0) is 18.4 Å². The molecule has 3 aromatic rings. The molecule has 0 unspecified atom stereocenters.